The maximum Gasteiger partial charge on any atom is 0.113 e. The Morgan fingerprint density at radius 3 is 2.70 bits per heavy atom. The molecule has 0 saturated carbocycles. The van der Waals surface area contributed by atoms with Crippen molar-refractivity contribution in [2.24, 2.45) is 0 Å². The number of unbranched alkanes of at least 4 members (excludes halogenated alkanes) is 5. The summed E-state index contributed by atoms with van der Waals surface area (Å²) in [5.41, 5.74) is 2.45. The molecule has 0 bridgehead atoms. The van der Waals surface area contributed by atoms with Crippen LogP contribution in [0.2, 0.25) is 0 Å². The van der Waals surface area contributed by atoms with Crippen LogP contribution in [0.5, 0.6) is 0 Å². The summed E-state index contributed by atoms with van der Waals surface area (Å²) in [6.07, 6.45) is 7.97. The second-order valence-corrected chi connectivity index (χ2v) is 6.20. The number of aromatic nitrogens is 3. The Morgan fingerprint density at radius 1 is 1.13 bits per heavy atom. The van der Waals surface area contributed by atoms with E-state index >= 15 is 0 Å². The number of hydrogen-bond acceptors (Lipinski definition) is 4. The van der Waals surface area contributed by atoms with E-state index in [0.29, 0.717) is 5.56 Å². The molecule has 0 N–H and O–H groups in total. The first-order valence-electron chi connectivity index (χ1n) is 8.66. The molecule has 0 aliphatic heterocycles. The quantitative estimate of drug-likeness (QED) is 0.629. The lowest BCUT2D eigenvalue weighted by atomic mass is 10.1. The molecule has 0 radical (unpaired) electrons. The van der Waals surface area contributed by atoms with Gasteiger partial charge in [0.1, 0.15) is 5.52 Å². The van der Waals surface area contributed by atoms with Crippen LogP contribution >= 0.6 is 0 Å². The fraction of sp³-hybridized carbons (Fsp3) is 0.611. The third kappa shape index (κ3) is 5.33. The summed E-state index contributed by atoms with van der Waals surface area (Å²) in [5, 5.41) is 17.4. The molecule has 23 heavy (non-hydrogen) atoms. The van der Waals surface area contributed by atoms with Gasteiger partial charge in [-0.15, -0.1) is 5.10 Å². The van der Waals surface area contributed by atoms with Gasteiger partial charge in [-0.25, -0.2) is 4.68 Å². The molecule has 5 heteroatoms. The number of likely N-dealkylation sites (N-methyl/N-ethyl adjacent to an activating group) is 1. The van der Waals surface area contributed by atoms with E-state index in [1.165, 1.54) is 38.5 Å². The lowest BCUT2D eigenvalue weighted by Gasteiger charge is -2.16. The topological polar surface area (TPSA) is 57.7 Å². The number of benzene rings is 1. The highest BCUT2D eigenvalue weighted by Crippen LogP contribution is 2.13. The van der Waals surface area contributed by atoms with Crippen LogP contribution in [0.15, 0.2) is 18.2 Å². The third-order valence-electron chi connectivity index (χ3n) is 4.23. The maximum atomic E-state index is 9.01. The van der Waals surface area contributed by atoms with Crippen LogP contribution in [0.25, 0.3) is 11.0 Å². The zero-order chi connectivity index (χ0) is 16.5. The first kappa shape index (κ1) is 17.4. The molecular weight excluding hydrogens is 286 g/mol. The average molecular weight is 313 g/mol. The van der Waals surface area contributed by atoms with Crippen molar-refractivity contribution in [1.29, 1.82) is 5.26 Å². The molecule has 0 aliphatic rings. The van der Waals surface area contributed by atoms with Gasteiger partial charge in [-0.2, -0.15) is 5.26 Å². The van der Waals surface area contributed by atoms with Gasteiger partial charge in [0.05, 0.1) is 23.7 Å². The zero-order valence-corrected chi connectivity index (χ0v) is 14.3. The van der Waals surface area contributed by atoms with Gasteiger partial charge >= 0.3 is 0 Å². The molecule has 124 valence electrons. The van der Waals surface area contributed by atoms with Crippen molar-refractivity contribution >= 4 is 11.0 Å². The monoisotopic (exact) mass is 313 g/mol. The van der Waals surface area contributed by atoms with Crippen LogP contribution in [0, 0.1) is 11.3 Å². The lowest BCUT2D eigenvalue weighted by Crippen LogP contribution is -2.24. The summed E-state index contributed by atoms with van der Waals surface area (Å²) >= 11 is 0. The van der Waals surface area contributed by atoms with Gasteiger partial charge in [-0.3, -0.25) is 0 Å². The van der Waals surface area contributed by atoms with Crippen LogP contribution in [0.1, 0.15) is 51.0 Å². The van der Waals surface area contributed by atoms with Gasteiger partial charge in [-0.1, -0.05) is 44.2 Å². The first-order chi connectivity index (χ1) is 11.2. The first-order valence-corrected chi connectivity index (χ1v) is 8.66. The fourth-order valence-corrected chi connectivity index (χ4v) is 2.74. The standard InChI is InChI=1S/C18H27N5/c1-3-4-5-6-7-8-11-22(2)12-13-23-18-14-16(15-19)9-10-17(18)20-21-23/h9-10,14H,3-8,11-13H2,1-2H3. The minimum absolute atomic E-state index is 0.654. The van der Waals surface area contributed by atoms with Crippen molar-refractivity contribution in [3.8, 4) is 6.07 Å². The molecule has 0 fully saturated rings. The van der Waals surface area contributed by atoms with E-state index in [-0.39, 0.29) is 0 Å². The Kier molecular flexibility index (Phi) is 7.02. The molecule has 0 saturated heterocycles. The van der Waals surface area contributed by atoms with E-state index < -0.39 is 0 Å². The van der Waals surface area contributed by atoms with Gasteiger partial charge in [0.25, 0.3) is 0 Å². The summed E-state index contributed by atoms with van der Waals surface area (Å²) in [7, 11) is 2.16. The second kappa shape index (κ2) is 9.26. The smallest absolute Gasteiger partial charge is 0.113 e. The molecular formula is C18H27N5. The van der Waals surface area contributed by atoms with E-state index in [2.05, 4.69) is 35.3 Å². The molecule has 1 aromatic carbocycles. The zero-order valence-electron chi connectivity index (χ0n) is 14.3. The van der Waals surface area contributed by atoms with Crippen molar-refractivity contribution < 1.29 is 0 Å². The predicted molar refractivity (Wildman–Crippen MR) is 93.1 cm³/mol. The number of rotatable bonds is 10. The van der Waals surface area contributed by atoms with E-state index in [9.17, 15) is 0 Å². The molecule has 0 aliphatic carbocycles. The Morgan fingerprint density at radius 2 is 1.91 bits per heavy atom. The van der Waals surface area contributed by atoms with Crippen molar-refractivity contribution in [1.82, 2.24) is 19.9 Å². The van der Waals surface area contributed by atoms with Crippen molar-refractivity contribution in [3.63, 3.8) is 0 Å². The molecule has 0 atom stereocenters. The maximum absolute atomic E-state index is 9.01. The van der Waals surface area contributed by atoms with Crippen molar-refractivity contribution in [2.75, 3.05) is 20.1 Å². The summed E-state index contributed by atoms with van der Waals surface area (Å²) < 4.78 is 1.90. The van der Waals surface area contributed by atoms with Crippen LogP contribution in [0.4, 0.5) is 0 Å². The molecule has 0 spiro atoms. The number of fused-ring (bicyclic) bond motifs is 1. The average Bonchev–Trinajstić information content (AvgIpc) is 2.98. The summed E-state index contributed by atoms with van der Waals surface area (Å²) in [6, 6.07) is 7.68. The largest absolute Gasteiger partial charge is 0.305 e. The summed E-state index contributed by atoms with van der Waals surface area (Å²) in [4.78, 5) is 2.35. The fourth-order valence-electron chi connectivity index (χ4n) is 2.74. The number of hydrogen-bond donors (Lipinski definition) is 0. The molecule has 0 amide bonds. The van der Waals surface area contributed by atoms with Gasteiger partial charge < -0.3 is 4.90 Å². The normalized spacial score (nSPS) is 11.2. The van der Waals surface area contributed by atoms with Gasteiger partial charge in [0, 0.05) is 6.54 Å². The highest BCUT2D eigenvalue weighted by molar-refractivity contribution is 5.75. The Labute approximate surface area is 138 Å². The van der Waals surface area contributed by atoms with E-state index in [1.54, 1.807) is 6.07 Å². The van der Waals surface area contributed by atoms with Crippen molar-refractivity contribution in [3.05, 3.63) is 23.8 Å². The van der Waals surface area contributed by atoms with E-state index in [4.69, 9.17) is 5.26 Å². The molecule has 1 heterocycles. The summed E-state index contributed by atoms with van der Waals surface area (Å²) in [5.74, 6) is 0. The molecule has 2 rings (SSSR count). The minimum atomic E-state index is 0.654. The van der Waals surface area contributed by atoms with E-state index in [0.717, 1.165) is 30.7 Å². The van der Waals surface area contributed by atoms with Gasteiger partial charge in [-0.05, 0) is 38.2 Å². The predicted octanol–water partition coefficient (Wildman–Crippen LogP) is 3.60. The van der Waals surface area contributed by atoms with Crippen LogP contribution in [-0.4, -0.2) is 40.0 Å². The van der Waals surface area contributed by atoms with Gasteiger partial charge in [0.2, 0.25) is 0 Å². The molecule has 0 unspecified atom stereocenters. The van der Waals surface area contributed by atoms with Crippen LogP contribution in [0.3, 0.4) is 0 Å². The number of nitriles is 1. The van der Waals surface area contributed by atoms with Gasteiger partial charge in [0.15, 0.2) is 0 Å². The third-order valence-corrected chi connectivity index (χ3v) is 4.23. The molecule has 2 aromatic rings. The Hall–Kier alpha value is -1.93. The highest BCUT2D eigenvalue weighted by Gasteiger charge is 2.06. The van der Waals surface area contributed by atoms with E-state index in [1.807, 2.05) is 16.8 Å². The minimum Gasteiger partial charge on any atom is -0.305 e. The Bertz CT molecular complexity index is 640. The number of nitrogens with zero attached hydrogens (tertiary/aromatic N) is 5. The molecule has 1 aromatic heterocycles. The lowest BCUT2D eigenvalue weighted by molar-refractivity contribution is 0.304. The van der Waals surface area contributed by atoms with Crippen LogP contribution < -0.4 is 0 Å². The van der Waals surface area contributed by atoms with Crippen LogP contribution in [-0.2, 0) is 6.54 Å². The SMILES string of the molecule is CCCCCCCCN(C)CCn1nnc2ccc(C#N)cc21. The summed E-state index contributed by atoms with van der Waals surface area (Å²) in [6.45, 7) is 5.13. The van der Waals surface area contributed by atoms with Crippen molar-refractivity contribution in [2.45, 2.75) is 52.0 Å². The second-order valence-electron chi connectivity index (χ2n) is 6.20. The highest BCUT2D eigenvalue weighted by atomic mass is 15.4. The Balaban J connectivity index is 1.76. The molecule has 5 nitrogen and oxygen atoms in total.